The second kappa shape index (κ2) is 7.86. The van der Waals surface area contributed by atoms with Crippen molar-refractivity contribution in [2.45, 2.75) is 45.5 Å². The zero-order valence-corrected chi connectivity index (χ0v) is 17.3. The maximum atomic E-state index is 12.2. The summed E-state index contributed by atoms with van der Waals surface area (Å²) in [5, 5.41) is 0. The van der Waals surface area contributed by atoms with Gasteiger partial charge in [-0.05, 0) is 66.3 Å². The maximum Gasteiger partial charge on any atom is 0.348 e. The minimum Gasteiger partial charge on any atom is -0.496 e. The molecule has 6 heteroatoms. The zero-order chi connectivity index (χ0) is 21.3. The van der Waals surface area contributed by atoms with Gasteiger partial charge in [-0.2, -0.15) is 0 Å². The van der Waals surface area contributed by atoms with Crippen LogP contribution in [0, 0.1) is 0 Å². The van der Waals surface area contributed by atoms with Gasteiger partial charge in [0.25, 0.3) is 5.79 Å². The molecule has 2 aromatic rings. The van der Waals surface area contributed by atoms with Crippen LogP contribution in [-0.2, 0) is 38.5 Å². The fraction of sp³-hybridized carbons (Fsp3) is 0.333. The van der Waals surface area contributed by atoms with E-state index in [0.717, 1.165) is 24.2 Å². The average molecular weight is 408 g/mol. The summed E-state index contributed by atoms with van der Waals surface area (Å²) in [5.74, 6) is -1.21. The first-order chi connectivity index (χ1) is 14.3. The zero-order valence-electron chi connectivity index (χ0n) is 17.3. The van der Waals surface area contributed by atoms with Crippen LogP contribution < -0.4 is 9.47 Å². The molecule has 0 unspecified atom stereocenters. The molecule has 156 valence electrons. The van der Waals surface area contributed by atoms with E-state index in [-0.39, 0.29) is 5.57 Å². The first-order valence-corrected chi connectivity index (χ1v) is 9.94. The van der Waals surface area contributed by atoms with Crippen molar-refractivity contribution >= 4 is 18.0 Å². The smallest absolute Gasteiger partial charge is 0.348 e. The van der Waals surface area contributed by atoms with Crippen molar-refractivity contribution in [1.82, 2.24) is 0 Å². The Morgan fingerprint density at radius 3 is 2.47 bits per heavy atom. The van der Waals surface area contributed by atoms with Gasteiger partial charge in [0.2, 0.25) is 0 Å². The van der Waals surface area contributed by atoms with Gasteiger partial charge in [-0.3, -0.25) is 0 Å². The topological polar surface area (TPSA) is 71.1 Å². The van der Waals surface area contributed by atoms with E-state index in [2.05, 4.69) is 12.1 Å². The average Bonchev–Trinajstić information content (AvgIpc) is 3.16. The monoisotopic (exact) mass is 408 g/mol. The molecule has 1 heterocycles. The van der Waals surface area contributed by atoms with Crippen molar-refractivity contribution in [3.8, 4) is 11.5 Å². The predicted octanol–water partition coefficient (Wildman–Crippen LogP) is 3.98. The Bertz CT molecular complexity index is 1010. The fourth-order valence-electron chi connectivity index (χ4n) is 3.75. The van der Waals surface area contributed by atoms with E-state index in [1.165, 1.54) is 37.5 Å². The van der Waals surface area contributed by atoms with Gasteiger partial charge in [0.15, 0.2) is 0 Å². The maximum absolute atomic E-state index is 12.2. The second-order valence-electron chi connectivity index (χ2n) is 7.88. The van der Waals surface area contributed by atoms with Crippen LogP contribution >= 0.6 is 0 Å². The fourth-order valence-corrected chi connectivity index (χ4v) is 3.75. The molecule has 1 aliphatic heterocycles. The van der Waals surface area contributed by atoms with Gasteiger partial charge in [0.05, 0.1) is 7.11 Å². The molecule has 0 amide bonds. The molecular formula is C24H24O6. The lowest BCUT2D eigenvalue weighted by Gasteiger charge is -2.29. The number of carbonyl (C=O) groups excluding carboxylic acids is 2. The van der Waals surface area contributed by atoms with Crippen LogP contribution in [0.4, 0.5) is 0 Å². The van der Waals surface area contributed by atoms with Crippen LogP contribution in [0.3, 0.4) is 0 Å². The quantitative estimate of drug-likeness (QED) is 0.423. The molecule has 0 spiro atoms. The normalized spacial score (nSPS) is 17.1. The van der Waals surface area contributed by atoms with E-state index in [4.69, 9.17) is 18.9 Å². The number of methoxy groups -OCH3 is 1. The highest BCUT2D eigenvalue weighted by molar-refractivity contribution is 6.18. The molecular weight excluding hydrogens is 384 g/mol. The summed E-state index contributed by atoms with van der Waals surface area (Å²) in [6.07, 6.45) is 4.85. The highest BCUT2D eigenvalue weighted by Gasteiger charge is 2.38. The molecule has 0 saturated carbocycles. The summed E-state index contributed by atoms with van der Waals surface area (Å²) < 4.78 is 21.7. The van der Waals surface area contributed by atoms with Crippen LogP contribution in [0.15, 0.2) is 42.0 Å². The van der Waals surface area contributed by atoms with E-state index in [9.17, 15) is 9.59 Å². The van der Waals surface area contributed by atoms with Crippen molar-refractivity contribution in [2.24, 2.45) is 0 Å². The standard InChI is InChI=1S/C24H24O6/c1-24(2)29-22(25)20(23(26)30-24)12-15-7-10-21(27-3)18(11-15)14-28-19-9-8-16-5-4-6-17(16)13-19/h7-13H,4-6,14H2,1-3H3. The first-order valence-electron chi connectivity index (χ1n) is 9.94. The molecule has 2 aromatic carbocycles. The minimum atomic E-state index is -1.26. The van der Waals surface area contributed by atoms with Gasteiger partial charge < -0.3 is 18.9 Å². The molecule has 4 rings (SSSR count). The van der Waals surface area contributed by atoms with Gasteiger partial charge in [-0.1, -0.05) is 12.1 Å². The summed E-state index contributed by atoms with van der Waals surface area (Å²) >= 11 is 0. The number of esters is 2. The Balaban J connectivity index is 1.55. The van der Waals surface area contributed by atoms with Crippen molar-refractivity contribution in [2.75, 3.05) is 7.11 Å². The van der Waals surface area contributed by atoms with Crippen molar-refractivity contribution in [3.63, 3.8) is 0 Å². The van der Waals surface area contributed by atoms with Gasteiger partial charge in [0.1, 0.15) is 23.7 Å². The molecule has 0 bridgehead atoms. The molecule has 0 radical (unpaired) electrons. The number of fused-ring (bicyclic) bond motifs is 1. The number of aryl methyl sites for hydroxylation is 2. The number of hydrogen-bond donors (Lipinski definition) is 0. The summed E-state index contributed by atoms with van der Waals surface area (Å²) in [7, 11) is 1.59. The lowest BCUT2D eigenvalue weighted by Crippen LogP contribution is -2.41. The Morgan fingerprint density at radius 1 is 1.00 bits per heavy atom. The van der Waals surface area contributed by atoms with Crippen LogP contribution in [0.2, 0.25) is 0 Å². The second-order valence-corrected chi connectivity index (χ2v) is 7.88. The van der Waals surface area contributed by atoms with Crippen molar-refractivity contribution in [1.29, 1.82) is 0 Å². The number of benzene rings is 2. The molecule has 0 atom stereocenters. The van der Waals surface area contributed by atoms with Crippen molar-refractivity contribution < 1.29 is 28.5 Å². The van der Waals surface area contributed by atoms with Gasteiger partial charge in [0, 0.05) is 19.4 Å². The highest BCUT2D eigenvalue weighted by atomic mass is 16.7. The lowest BCUT2D eigenvalue weighted by molar-refractivity contribution is -0.222. The van der Waals surface area contributed by atoms with E-state index < -0.39 is 17.7 Å². The SMILES string of the molecule is COc1ccc(C=C2C(=O)OC(C)(C)OC2=O)cc1COc1ccc2c(c1)CCC2. The van der Waals surface area contributed by atoms with Gasteiger partial charge in [-0.25, -0.2) is 9.59 Å². The third kappa shape index (κ3) is 4.17. The molecule has 0 N–H and O–H groups in total. The van der Waals surface area contributed by atoms with Crippen LogP contribution in [0.25, 0.3) is 6.08 Å². The third-order valence-corrected chi connectivity index (χ3v) is 5.20. The van der Waals surface area contributed by atoms with E-state index in [0.29, 0.717) is 17.9 Å². The van der Waals surface area contributed by atoms with E-state index >= 15 is 0 Å². The number of rotatable bonds is 5. The molecule has 1 aliphatic carbocycles. The number of ether oxygens (including phenoxy) is 4. The number of hydrogen-bond acceptors (Lipinski definition) is 6. The molecule has 1 fully saturated rings. The lowest BCUT2D eigenvalue weighted by atomic mass is 10.1. The van der Waals surface area contributed by atoms with E-state index in [1.54, 1.807) is 19.2 Å². The molecule has 6 nitrogen and oxygen atoms in total. The van der Waals surface area contributed by atoms with Crippen LogP contribution in [0.1, 0.15) is 42.5 Å². The third-order valence-electron chi connectivity index (χ3n) is 5.20. The molecule has 2 aliphatic rings. The Hall–Kier alpha value is -3.28. The number of carbonyl (C=O) groups is 2. The Kier molecular flexibility index (Phi) is 5.24. The first kappa shape index (κ1) is 20.0. The van der Waals surface area contributed by atoms with Gasteiger partial charge >= 0.3 is 11.9 Å². The largest absolute Gasteiger partial charge is 0.496 e. The summed E-state index contributed by atoms with van der Waals surface area (Å²) in [6, 6.07) is 11.5. The van der Waals surface area contributed by atoms with Crippen LogP contribution in [-0.4, -0.2) is 24.8 Å². The minimum absolute atomic E-state index is 0.148. The number of cyclic esters (lactones) is 2. The highest BCUT2D eigenvalue weighted by Crippen LogP contribution is 2.29. The Morgan fingerprint density at radius 2 is 1.73 bits per heavy atom. The van der Waals surface area contributed by atoms with Gasteiger partial charge in [-0.15, -0.1) is 0 Å². The Labute approximate surface area is 175 Å². The summed E-state index contributed by atoms with van der Waals surface area (Å²) in [6.45, 7) is 3.32. The predicted molar refractivity (Wildman–Crippen MR) is 110 cm³/mol. The summed E-state index contributed by atoms with van der Waals surface area (Å²) in [4.78, 5) is 24.4. The molecule has 0 aromatic heterocycles. The molecule has 30 heavy (non-hydrogen) atoms. The van der Waals surface area contributed by atoms with Crippen LogP contribution in [0.5, 0.6) is 11.5 Å². The van der Waals surface area contributed by atoms with Crippen molar-refractivity contribution in [3.05, 3.63) is 64.2 Å². The molecule has 1 saturated heterocycles. The van der Waals surface area contributed by atoms with E-state index in [1.807, 2.05) is 12.1 Å². The summed E-state index contributed by atoms with van der Waals surface area (Å²) in [5.41, 5.74) is 4.03.